The third kappa shape index (κ3) is 2.30. The first-order chi connectivity index (χ1) is 9.28. The first kappa shape index (κ1) is 12.1. The monoisotopic (exact) mass is 253 g/mol. The average molecular weight is 253 g/mol. The number of hydrogen-bond donors (Lipinski definition) is 1. The lowest BCUT2D eigenvalue weighted by atomic mass is 9.86. The Morgan fingerprint density at radius 2 is 1.79 bits per heavy atom. The molecule has 1 aliphatic heterocycles. The van der Waals surface area contributed by atoms with E-state index in [-0.39, 0.29) is 0 Å². The van der Waals surface area contributed by atoms with E-state index in [9.17, 15) is 0 Å². The highest BCUT2D eigenvalue weighted by molar-refractivity contribution is 5.56. The van der Waals surface area contributed by atoms with Gasteiger partial charge in [0, 0.05) is 5.69 Å². The number of hydrogen-bond acceptors (Lipinski definition) is 2. The van der Waals surface area contributed by atoms with Crippen LogP contribution in [0.1, 0.15) is 36.4 Å². The van der Waals surface area contributed by atoms with E-state index in [0.717, 1.165) is 12.2 Å². The molecule has 0 radical (unpaired) electrons. The molecule has 1 aliphatic rings. The van der Waals surface area contributed by atoms with Crippen molar-refractivity contribution in [1.82, 2.24) is 0 Å². The molecule has 0 saturated heterocycles. The summed E-state index contributed by atoms with van der Waals surface area (Å²) in [5.74, 6) is 1.50. The molecule has 2 atom stereocenters. The summed E-state index contributed by atoms with van der Waals surface area (Å²) in [6.45, 7) is 2.30. The molecule has 19 heavy (non-hydrogen) atoms. The van der Waals surface area contributed by atoms with Crippen molar-refractivity contribution < 1.29 is 4.74 Å². The molecular formula is C17H19NO. The fraction of sp³-hybridized carbons (Fsp3) is 0.294. The molecule has 0 fully saturated rings. The molecule has 2 aromatic carbocycles. The van der Waals surface area contributed by atoms with Crippen LogP contribution in [-0.4, -0.2) is 7.11 Å². The molecule has 0 spiro atoms. The Morgan fingerprint density at radius 3 is 2.53 bits per heavy atom. The second-order valence-electron chi connectivity index (χ2n) is 5.19. The molecule has 2 aromatic rings. The maximum Gasteiger partial charge on any atom is 0.118 e. The third-order valence-electron chi connectivity index (χ3n) is 3.93. The highest BCUT2D eigenvalue weighted by Crippen LogP contribution is 2.39. The van der Waals surface area contributed by atoms with Gasteiger partial charge in [-0.05, 0) is 41.7 Å². The van der Waals surface area contributed by atoms with Crippen LogP contribution >= 0.6 is 0 Å². The Kier molecular flexibility index (Phi) is 3.16. The van der Waals surface area contributed by atoms with E-state index in [2.05, 4.69) is 48.6 Å². The smallest absolute Gasteiger partial charge is 0.118 e. The Balaban J connectivity index is 1.87. The average Bonchev–Trinajstić information content (AvgIpc) is 2.47. The van der Waals surface area contributed by atoms with Crippen molar-refractivity contribution >= 4 is 5.69 Å². The predicted octanol–water partition coefficient (Wildman–Crippen LogP) is 4.36. The van der Waals surface area contributed by atoms with Gasteiger partial charge in [0.25, 0.3) is 0 Å². The summed E-state index contributed by atoms with van der Waals surface area (Å²) in [6.07, 6.45) is 1.13. The van der Waals surface area contributed by atoms with Crippen LogP contribution in [0, 0.1) is 0 Å². The van der Waals surface area contributed by atoms with Crippen LogP contribution < -0.4 is 10.1 Å². The van der Waals surface area contributed by atoms with E-state index in [1.165, 1.54) is 16.8 Å². The van der Waals surface area contributed by atoms with Crippen molar-refractivity contribution in [3.8, 4) is 5.75 Å². The van der Waals surface area contributed by atoms with Gasteiger partial charge in [0.2, 0.25) is 0 Å². The van der Waals surface area contributed by atoms with Gasteiger partial charge in [0.1, 0.15) is 5.75 Å². The third-order valence-corrected chi connectivity index (χ3v) is 3.93. The van der Waals surface area contributed by atoms with Crippen LogP contribution in [0.15, 0.2) is 48.5 Å². The molecule has 0 bridgehead atoms. The van der Waals surface area contributed by atoms with E-state index in [4.69, 9.17) is 4.74 Å². The SMILES string of the molecule is COc1ccc([C@H]2C[C@@H](C)c3ccccc3N2)cc1. The quantitative estimate of drug-likeness (QED) is 0.858. The van der Waals surface area contributed by atoms with Gasteiger partial charge in [0.05, 0.1) is 13.2 Å². The first-order valence-electron chi connectivity index (χ1n) is 6.77. The number of fused-ring (bicyclic) bond motifs is 1. The maximum absolute atomic E-state index is 5.21. The summed E-state index contributed by atoms with van der Waals surface area (Å²) in [5.41, 5.74) is 4.01. The second kappa shape index (κ2) is 4.96. The molecule has 0 amide bonds. The van der Waals surface area contributed by atoms with Gasteiger partial charge in [-0.1, -0.05) is 37.3 Å². The van der Waals surface area contributed by atoms with Gasteiger partial charge in [-0.15, -0.1) is 0 Å². The lowest BCUT2D eigenvalue weighted by Gasteiger charge is -2.31. The largest absolute Gasteiger partial charge is 0.497 e. The lowest BCUT2D eigenvalue weighted by Crippen LogP contribution is -2.20. The van der Waals surface area contributed by atoms with Gasteiger partial charge in [-0.25, -0.2) is 0 Å². The molecule has 0 unspecified atom stereocenters. The van der Waals surface area contributed by atoms with Crippen LogP contribution in [0.2, 0.25) is 0 Å². The van der Waals surface area contributed by atoms with Crippen molar-refractivity contribution in [2.45, 2.75) is 25.3 Å². The second-order valence-corrected chi connectivity index (χ2v) is 5.19. The summed E-state index contributed by atoms with van der Waals surface area (Å²) < 4.78 is 5.21. The van der Waals surface area contributed by atoms with Crippen molar-refractivity contribution in [3.05, 3.63) is 59.7 Å². The van der Waals surface area contributed by atoms with E-state index in [0.29, 0.717) is 12.0 Å². The lowest BCUT2D eigenvalue weighted by molar-refractivity contribution is 0.414. The minimum Gasteiger partial charge on any atom is -0.497 e. The number of methoxy groups -OCH3 is 1. The molecule has 98 valence electrons. The summed E-state index contributed by atoms with van der Waals surface area (Å²) in [4.78, 5) is 0. The van der Waals surface area contributed by atoms with Crippen LogP contribution in [0.4, 0.5) is 5.69 Å². The number of ether oxygens (including phenoxy) is 1. The number of nitrogens with one attached hydrogen (secondary N) is 1. The zero-order chi connectivity index (χ0) is 13.2. The highest BCUT2D eigenvalue weighted by Gasteiger charge is 2.24. The molecule has 0 aliphatic carbocycles. The summed E-state index contributed by atoms with van der Waals surface area (Å²) in [5, 5.41) is 3.64. The molecule has 1 N–H and O–H groups in total. The van der Waals surface area contributed by atoms with Crippen LogP contribution in [0.5, 0.6) is 5.75 Å². The fourth-order valence-electron chi connectivity index (χ4n) is 2.84. The minimum absolute atomic E-state index is 0.385. The number of benzene rings is 2. The van der Waals surface area contributed by atoms with E-state index in [1.54, 1.807) is 7.11 Å². The van der Waals surface area contributed by atoms with Crippen LogP contribution in [-0.2, 0) is 0 Å². The summed E-state index contributed by atoms with van der Waals surface area (Å²) in [6, 6.07) is 17.3. The topological polar surface area (TPSA) is 21.3 Å². The Hall–Kier alpha value is -1.96. The fourth-order valence-corrected chi connectivity index (χ4v) is 2.84. The zero-order valence-electron chi connectivity index (χ0n) is 11.4. The minimum atomic E-state index is 0.385. The van der Waals surface area contributed by atoms with Crippen molar-refractivity contribution in [3.63, 3.8) is 0 Å². The summed E-state index contributed by atoms with van der Waals surface area (Å²) >= 11 is 0. The zero-order valence-corrected chi connectivity index (χ0v) is 11.4. The predicted molar refractivity (Wildman–Crippen MR) is 78.8 cm³/mol. The number of rotatable bonds is 2. The summed E-state index contributed by atoms with van der Waals surface area (Å²) in [7, 11) is 1.70. The van der Waals surface area contributed by atoms with E-state index < -0.39 is 0 Å². The molecule has 2 heteroatoms. The van der Waals surface area contributed by atoms with E-state index >= 15 is 0 Å². The Labute approximate surface area is 114 Å². The van der Waals surface area contributed by atoms with Gasteiger partial charge in [0.15, 0.2) is 0 Å². The normalized spacial score (nSPS) is 21.4. The molecule has 1 heterocycles. The van der Waals surface area contributed by atoms with Crippen LogP contribution in [0.3, 0.4) is 0 Å². The van der Waals surface area contributed by atoms with Gasteiger partial charge in [-0.3, -0.25) is 0 Å². The molecule has 0 aromatic heterocycles. The van der Waals surface area contributed by atoms with E-state index in [1.807, 2.05) is 12.1 Å². The van der Waals surface area contributed by atoms with Crippen molar-refractivity contribution in [2.24, 2.45) is 0 Å². The Bertz CT molecular complexity index is 562. The number of anilines is 1. The molecule has 2 nitrogen and oxygen atoms in total. The van der Waals surface area contributed by atoms with Crippen molar-refractivity contribution in [2.75, 3.05) is 12.4 Å². The van der Waals surface area contributed by atoms with Crippen LogP contribution in [0.25, 0.3) is 0 Å². The van der Waals surface area contributed by atoms with Crippen molar-refractivity contribution in [1.29, 1.82) is 0 Å². The molecular weight excluding hydrogens is 234 g/mol. The van der Waals surface area contributed by atoms with Gasteiger partial charge in [-0.2, -0.15) is 0 Å². The molecule has 0 saturated carbocycles. The van der Waals surface area contributed by atoms with Gasteiger partial charge < -0.3 is 10.1 Å². The molecule has 3 rings (SSSR count). The Morgan fingerprint density at radius 1 is 1.05 bits per heavy atom. The number of para-hydroxylation sites is 1. The standard InChI is InChI=1S/C17H19NO/c1-12-11-17(13-7-9-14(19-2)10-8-13)18-16-6-4-3-5-15(12)16/h3-10,12,17-18H,11H2,1-2H3/t12-,17-/m1/s1. The maximum atomic E-state index is 5.21. The highest BCUT2D eigenvalue weighted by atomic mass is 16.5. The first-order valence-corrected chi connectivity index (χ1v) is 6.77. The van der Waals surface area contributed by atoms with Gasteiger partial charge >= 0.3 is 0 Å².